The van der Waals surface area contributed by atoms with Crippen LogP contribution in [-0.4, -0.2) is 34.9 Å². The van der Waals surface area contributed by atoms with Gasteiger partial charge < -0.3 is 14.6 Å². The minimum atomic E-state index is -0.379. The number of hydrogen-bond acceptors (Lipinski definition) is 4. The van der Waals surface area contributed by atoms with Gasteiger partial charge in [0.2, 0.25) is 5.91 Å². The summed E-state index contributed by atoms with van der Waals surface area (Å²) in [7, 11) is 1.58. The zero-order chi connectivity index (χ0) is 21.5. The molecule has 0 spiro atoms. The van der Waals surface area contributed by atoms with E-state index in [0.717, 1.165) is 16.9 Å². The average Bonchev–Trinajstić information content (AvgIpc) is 3.18. The van der Waals surface area contributed by atoms with Crippen molar-refractivity contribution in [2.45, 2.75) is 13.3 Å². The lowest BCUT2D eigenvalue weighted by molar-refractivity contribution is -0.122. The van der Waals surface area contributed by atoms with E-state index in [1.807, 2.05) is 35.9 Å². The van der Waals surface area contributed by atoms with Crippen LogP contribution in [0.1, 0.15) is 16.8 Å². The summed E-state index contributed by atoms with van der Waals surface area (Å²) in [5.41, 5.74) is 3.21. The molecule has 1 aromatic heterocycles. The quantitative estimate of drug-likeness (QED) is 0.582. The van der Waals surface area contributed by atoms with E-state index >= 15 is 0 Å². The minimum absolute atomic E-state index is 0.0945. The summed E-state index contributed by atoms with van der Waals surface area (Å²) in [6, 6.07) is 11.3. The van der Waals surface area contributed by atoms with Crippen molar-refractivity contribution in [3.8, 4) is 11.4 Å². The monoisotopic (exact) mass is 407 g/mol. The van der Waals surface area contributed by atoms with E-state index in [1.165, 1.54) is 18.2 Å². The molecular formula is C23H22FN3O3. The van der Waals surface area contributed by atoms with Gasteiger partial charge in [-0.05, 0) is 48.4 Å². The number of halogens is 1. The van der Waals surface area contributed by atoms with E-state index in [-0.39, 0.29) is 30.5 Å². The molecule has 1 amide bonds. The molecule has 0 radical (unpaired) electrons. The SMILES string of the molecule is COc1cc(/C=C/C(=O)NCC(=O)Cc2ccc(F)cc2)ccc1-n1cnc(C)c1. The molecule has 7 heteroatoms. The third-order valence-corrected chi connectivity index (χ3v) is 4.40. The van der Waals surface area contributed by atoms with Gasteiger partial charge in [-0.2, -0.15) is 0 Å². The fourth-order valence-electron chi connectivity index (χ4n) is 2.87. The van der Waals surface area contributed by atoms with Crippen LogP contribution >= 0.6 is 0 Å². The van der Waals surface area contributed by atoms with Crippen molar-refractivity contribution in [1.29, 1.82) is 0 Å². The van der Waals surface area contributed by atoms with Crippen LogP contribution in [0.25, 0.3) is 11.8 Å². The number of ether oxygens (including phenoxy) is 1. The number of carbonyl (C=O) groups excluding carboxylic acids is 2. The van der Waals surface area contributed by atoms with Crippen LogP contribution < -0.4 is 10.1 Å². The van der Waals surface area contributed by atoms with Gasteiger partial charge in [0.15, 0.2) is 5.78 Å². The summed E-state index contributed by atoms with van der Waals surface area (Å²) in [5, 5.41) is 2.56. The molecule has 3 aromatic rings. The van der Waals surface area contributed by atoms with Gasteiger partial charge in [0.25, 0.3) is 0 Å². The van der Waals surface area contributed by atoms with Crippen molar-refractivity contribution >= 4 is 17.8 Å². The van der Waals surface area contributed by atoms with E-state index in [1.54, 1.807) is 31.6 Å². The molecule has 0 aliphatic heterocycles. The molecule has 1 N–H and O–H groups in total. The summed E-state index contributed by atoms with van der Waals surface area (Å²) < 4.78 is 20.2. The molecule has 30 heavy (non-hydrogen) atoms. The number of aryl methyl sites for hydroxylation is 1. The number of ketones is 1. The molecule has 0 saturated carbocycles. The largest absolute Gasteiger partial charge is 0.495 e. The number of carbonyl (C=O) groups is 2. The van der Waals surface area contributed by atoms with Gasteiger partial charge in [0.1, 0.15) is 11.6 Å². The van der Waals surface area contributed by atoms with Gasteiger partial charge in [-0.3, -0.25) is 9.59 Å². The first-order chi connectivity index (χ1) is 14.4. The van der Waals surface area contributed by atoms with Crippen molar-refractivity contribution in [2.24, 2.45) is 0 Å². The first kappa shape index (κ1) is 21.0. The molecule has 0 bridgehead atoms. The molecule has 0 aliphatic rings. The topological polar surface area (TPSA) is 73.2 Å². The maximum atomic E-state index is 12.9. The van der Waals surface area contributed by atoms with Crippen molar-refractivity contribution in [3.05, 3.63) is 83.7 Å². The molecule has 2 aromatic carbocycles. The lowest BCUT2D eigenvalue weighted by Gasteiger charge is -2.10. The Kier molecular flexibility index (Phi) is 6.75. The van der Waals surface area contributed by atoms with E-state index in [4.69, 9.17) is 4.74 Å². The average molecular weight is 407 g/mol. The van der Waals surface area contributed by atoms with Gasteiger partial charge in [-0.1, -0.05) is 18.2 Å². The first-order valence-electron chi connectivity index (χ1n) is 9.35. The van der Waals surface area contributed by atoms with Gasteiger partial charge in [0.05, 0.1) is 31.4 Å². The van der Waals surface area contributed by atoms with Crippen molar-refractivity contribution in [3.63, 3.8) is 0 Å². The number of amides is 1. The molecule has 154 valence electrons. The number of hydrogen-bond donors (Lipinski definition) is 1. The summed E-state index contributed by atoms with van der Waals surface area (Å²) in [6.07, 6.45) is 6.74. The Labute approximate surface area is 174 Å². The number of Topliss-reactive ketones (excluding diaryl/α,β-unsaturated/α-hetero) is 1. The first-order valence-corrected chi connectivity index (χ1v) is 9.35. The standard InChI is InChI=1S/C23H22FN3O3/c1-16-14-27(15-26-16)21-9-5-18(12-22(21)30-2)6-10-23(29)25-13-20(28)11-17-3-7-19(24)8-4-17/h3-10,12,14-15H,11,13H2,1-2H3,(H,25,29)/b10-6+. The summed E-state index contributed by atoms with van der Waals surface area (Å²) >= 11 is 0. The van der Waals surface area contributed by atoms with E-state index in [0.29, 0.717) is 11.3 Å². The van der Waals surface area contributed by atoms with Gasteiger partial charge in [-0.25, -0.2) is 9.37 Å². The fraction of sp³-hybridized carbons (Fsp3) is 0.174. The molecule has 6 nitrogen and oxygen atoms in total. The molecule has 1 heterocycles. The molecule has 3 rings (SSSR count). The van der Waals surface area contributed by atoms with Crippen LogP contribution in [0.2, 0.25) is 0 Å². The number of nitrogens with zero attached hydrogens (tertiary/aromatic N) is 2. The van der Waals surface area contributed by atoms with E-state index < -0.39 is 0 Å². The summed E-state index contributed by atoms with van der Waals surface area (Å²) in [5.74, 6) is -0.250. The second kappa shape index (κ2) is 9.65. The normalized spacial score (nSPS) is 10.9. The Bertz CT molecular complexity index is 1070. The zero-order valence-corrected chi connectivity index (χ0v) is 16.8. The highest BCUT2D eigenvalue weighted by atomic mass is 19.1. The minimum Gasteiger partial charge on any atom is -0.495 e. The Morgan fingerprint density at radius 3 is 2.63 bits per heavy atom. The Balaban J connectivity index is 1.56. The molecule has 0 unspecified atom stereocenters. The smallest absolute Gasteiger partial charge is 0.244 e. The predicted octanol–water partition coefficient (Wildman–Crippen LogP) is 3.27. The Morgan fingerprint density at radius 2 is 1.97 bits per heavy atom. The third kappa shape index (κ3) is 5.64. The Morgan fingerprint density at radius 1 is 1.20 bits per heavy atom. The van der Waals surface area contributed by atoms with Crippen LogP contribution in [0.3, 0.4) is 0 Å². The van der Waals surface area contributed by atoms with Crippen molar-refractivity contribution in [2.75, 3.05) is 13.7 Å². The molecule has 0 aliphatic carbocycles. The number of methoxy groups -OCH3 is 1. The maximum Gasteiger partial charge on any atom is 0.244 e. The van der Waals surface area contributed by atoms with Gasteiger partial charge >= 0.3 is 0 Å². The molecule has 0 fully saturated rings. The van der Waals surface area contributed by atoms with Crippen molar-refractivity contribution < 1.29 is 18.7 Å². The lowest BCUT2D eigenvalue weighted by atomic mass is 10.1. The van der Waals surface area contributed by atoms with Gasteiger partial charge in [0, 0.05) is 18.7 Å². The molecule has 0 atom stereocenters. The predicted molar refractivity (Wildman–Crippen MR) is 112 cm³/mol. The zero-order valence-electron chi connectivity index (χ0n) is 16.8. The summed E-state index contributed by atoms with van der Waals surface area (Å²) in [4.78, 5) is 28.2. The number of rotatable bonds is 8. The van der Waals surface area contributed by atoms with E-state index in [2.05, 4.69) is 10.3 Å². The van der Waals surface area contributed by atoms with Crippen LogP contribution in [-0.2, 0) is 16.0 Å². The number of nitrogens with one attached hydrogen (secondary N) is 1. The second-order valence-electron chi connectivity index (χ2n) is 6.75. The third-order valence-electron chi connectivity index (χ3n) is 4.40. The summed E-state index contributed by atoms with van der Waals surface area (Å²) in [6.45, 7) is 1.81. The van der Waals surface area contributed by atoms with Crippen molar-refractivity contribution in [1.82, 2.24) is 14.9 Å². The highest BCUT2D eigenvalue weighted by Gasteiger charge is 2.08. The second-order valence-corrected chi connectivity index (χ2v) is 6.75. The lowest BCUT2D eigenvalue weighted by Crippen LogP contribution is -2.28. The van der Waals surface area contributed by atoms with Crippen LogP contribution in [0, 0.1) is 12.7 Å². The highest BCUT2D eigenvalue weighted by Crippen LogP contribution is 2.25. The molecule has 0 saturated heterocycles. The van der Waals surface area contributed by atoms with Crippen LogP contribution in [0.15, 0.2) is 61.1 Å². The highest BCUT2D eigenvalue weighted by molar-refractivity contribution is 5.95. The van der Waals surface area contributed by atoms with Crippen LogP contribution in [0.5, 0.6) is 5.75 Å². The molecular weight excluding hydrogens is 385 g/mol. The maximum absolute atomic E-state index is 12.9. The number of benzene rings is 2. The van der Waals surface area contributed by atoms with Gasteiger partial charge in [-0.15, -0.1) is 0 Å². The van der Waals surface area contributed by atoms with E-state index in [9.17, 15) is 14.0 Å². The number of imidazole rings is 1. The van der Waals surface area contributed by atoms with Crippen LogP contribution in [0.4, 0.5) is 4.39 Å². The fourth-order valence-corrected chi connectivity index (χ4v) is 2.87. The number of aromatic nitrogens is 2. The Hall–Kier alpha value is -3.74.